The van der Waals surface area contributed by atoms with Gasteiger partial charge in [-0.2, -0.15) is 0 Å². The molecule has 1 aromatic carbocycles. The highest BCUT2D eigenvalue weighted by Gasteiger charge is 2.03. The molecule has 0 bridgehead atoms. The molecule has 1 aromatic rings. The molecule has 0 aliphatic carbocycles. The van der Waals surface area contributed by atoms with Crippen LogP contribution in [-0.4, -0.2) is 17.8 Å². The summed E-state index contributed by atoms with van der Waals surface area (Å²) in [6.45, 7) is 2.36. The Morgan fingerprint density at radius 1 is 1.54 bits per heavy atom. The van der Waals surface area contributed by atoms with E-state index in [1.54, 1.807) is 24.3 Å². The number of hydrogen-bond acceptors (Lipinski definition) is 2. The second kappa shape index (κ2) is 4.35. The number of hydrogen-bond donors (Lipinski definition) is 2. The normalized spacial score (nSPS) is 9.31. The van der Waals surface area contributed by atoms with E-state index < -0.39 is 6.09 Å². The first-order valence-electron chi connectivity index (χ1n) is 3.95. The van der Waals surface area contributed by atoms with Gasteiger partial charge in [-0.1, -0.05) is 12.1 Å². The van der Waals surface area contributed by atoms with Crippen molar-refractivity contribution in [2.24, 2.45) is 0 Å². The second-order valence-corrected chi connectivity index (χ2v) is 2.36. The molecule has 1 amide bonds. The van der Waals surface area contributed by atoms with Crippen molar-refractivity contribution in [1.82, 2.24) is 0 Å². The maximum atomic E-state index is 10.4. The van der Waals surface area contributed by atoms with Crippen molar-refractivity contribution in [3.63, 3.8) is 0 Å². The van der Waals surface area contributed by atoms with Crippen LogP contribution in [0.2, 0.25) is 0 Å². The lowest BCUT2D eigenvalue weighted by Crippen LogP contribution is -2.08. The fourth-order valence-corrected chi connectivity index (χ4v) is 0.966. The maximum Gasteiger partial charge on any atom is 0.409 e. The van der Waals surface area contributed by atoms with Gasteiger partial charge in [0, 0.05) is 0 Å². The van der Waals surface area contributed by atoms with E-state index in [2.05, 4.69) is 5.32 Å². The summed E-state index contributed by atoms with van der Waals surface area (Å²) < 4.78 is 5.21. The Kier molecular flexibility index (Phi) is 3.14. The average Bonchev–Trinajstić information content (AvgIpc) is 2.08. The fourth-order valence-electron chi connectivity index (χ4n) is 0.966. The molecular formula is C9H11NO3. The zero-order valence-electron chi connectivity index (χ0n) is 7.28. The van der Waals surface area contributed by atoms with Gasteiger partial charge in [0.2, 0.25) is 0 Å². The number of benzene rings is 1. The van der Waals surface area contributed by atoms with E-state index in [0.717, 1.165) is 0 Å². The fraction of sp³-hybridized carbons (Fsp3) is 0.222. The molecule has 0 heterocycles. The number of carboxylic acid groups (broad SMARTS) is 1. The van der Waals surface area contributed by atoms with Crippen molar-refractivity contribution in [3.8, 4) is 5.75 Å². The van der Waals surface area contributed by atoms with Crippen LogP contribution in [0.3, 0.4) is 0 Å². The standard InChI is InChI=1S/C9H11NO3/c1-2-13-8-6-4-3-5-7(8)10-9(11)12/h3-6,10H,2H2,1H3,(H,11,12). The van der Waals surface area contributed by atoms with Gasteiger partial charge in [0.25, 0.3) is 0 Å². The van der Waals surface area contributed by atoms with Crippen LogP contribution in [0.25, 0.3) is 0 Å². The van der Waals surface area contributed by atoms with Gasteiger partial charge in [0.1, 0.15) is 5.75 Å². The predicted molar refractivity (Wildman–Crippen MR) is 49.3 cm³/mol. The van der Waals surface area contributed by atoms with E-state index >= 15 is 0 Å². The van der Waals surface area contributed by atoms with Gasteiger partial charge in [-0.3, -0.25) is 5.32 Å². The van der Waals surface area contributed by atoms with Gasteiger partial charge in [0.15, 0.2) is 0 Å². The number of ether oxygens (including phenoxy) is 1. The van der Waals surface area contributed by atoms with Crippen molar-refractivity contribution >= 4 is 11.8 Å². The number of amides is 1. The Bertz CT molecular complexity index is 299. The summed E-state index contributed by atoms with van der Waals surface area (Å²) in [5, 5.41) is 10.7. The Hall–Kier alpha value is -1.71. The minimum Gasteiger partial charge on any atom is -0.492 e. The first-order chi connectivity index (χ1) is 6.24. The summed E-state index contributed by atoms with van der Waals surface area (Å²) in [6.07, 6.45) is -1.09. The van der Waals surface area contributed by atoms with Crippen molar-refractivity contribution in [2.45, 2.75) is 6.92 Å². The van der Waals surface area contributed by atoms with Crippen LogP contribution in [0.4, 0.5) is 10.5 Å². The summed E-state index contributed by atoms with van der Waals surface area (Å²) in [4.78, 5) is 10.4. The zero-order valence-corrected chi connectivity index (χ0v) is 7.28. The van der Waals surface area contributed by atoms with Crippen molar-refractivity contribution in [2.75, 3.05) is 11.9 Å². The van der Waals surface area contributed by atoms with Crippen molar-refractivity contribution in [3.05, 3.63) is 24.3 Å². The number of rotatable bonds is 3. The predicted octanol–water partition coefficient (Wildman–Crippen LogP) is 2.18. The van der Waals surface area contributed by atoms with Crippen LogP contribution in [0.5, 0.6) is 5.75 Å². The molecule has 0 atom stereocenters. The molecule has 70 valence electrons. The first kappa shape index (κ1) is 9.38. The molecule has 0 aliphatic rings. The Balaban J connectivity index is 2.84. The molecule has 4 nitrogen and oxygen atoms in total. The Morgan fingerprint density at radius 2 is 2.23 bits per heavy atom. The van der Waals surface area contributed by atoms with Crippen LogP contribution in [0.1, 0.15) is 6.92 Å². The lowest BCUT2D eigenvalue weighted by Gasteiger charge is -2.08. The van der Waals surface area contributed by atoms with Gasteiger partial charge in [-0.15, -0.1) is 0 Å². The van der Waals surface area contributed by atoms with E-state index in [9.17, 15) is 4.79 Å². The van der Waals surface area contributed by atoms with Crippen LogP contribution < -0.4 is 10.1 Å². The molecule has 0 saturated heterocycles. The molecule has 1 rings (SSSR count). The summed E-state index contributed by atoms with van der Waals surface area (Å²) in [7, 11) is 0. The van der Waals surface area contributed by atoms with Gasteiger partial charge < -0.3 is 9.84 Å². The lowest BCUT2D eigenvalue weighted by atomic mass is 10.3. The van der Waals surface area contributed by atoms with Gasteiger partial charge in [-0.05, 0) is 19.1 Å². The zero-order chi connectivity index (χ0) is 9.68. The number of carbonyl (C=O) groups is 1. The molecule has 0 spiro atoms. The second-order valence-electron chi connectivity index (χ2n) is 2.36. The molecule has 0 aliphatic heterocycles. The summed E-state index contributed by atoms with van der Waals surface area (Å²) in [5.74, 6) is 0.549. The molecule has 13 heavy (non-hydrogen) atoms. The van der Waals surface area contributed by atoms with Gasteiger partial charge in [0.05, 0.1) is 12.3 Å². The minimum atomic E-state index is -1.09. The van der Waals surface area contributed by atoms with E-state index in [1.807, 2.05) is 6.92 Å². The molecule has 0 unspecified atom stereocenters. The van der Waals surface area contributed by atoms with Crippen molar-refractivity contribution < 1.29 is 14.6 Å². The first-order valence-corrected chi connectivity index (χ1v) is 3.95. The summed E-state index contributed by atoms with van der Waals surface area (Å²) in [5.41, 5.74) is 0.469. The van der Waals surface area contributed by atoms with Crippen LogP contribution in [0, 0.1) is 0 Å². The monoisotopic (exact) mass is 181 g/mol. The highest BCUT2D eigenvalue weighted by Crippen LogP contribution is 2.23. The molecule has 0 aromatic heterocycles. The highest BCUT2D eigenvalue weighted by atomic mass is 16.5. The quantitative estimate of drug-likeness (QED) is 0.751. The largest absolute Gasteiger partial charge is 0.492 e. The molecule has 0 radical (unpaired) electrons. The minimum absolute atomic E-state index is 0.469. The Morgan fingerprint density at radius 3 is 2.85 bits per heavy atom. The van der Waals surface area contributed by atoms with Crippen molar-refractivity contribution in [1.29, 1.82) is 0 Å². The lowest BCUT2D eigenvalue weighted by molar-refractivity contribution is 0.209. The summed E-state index contributed by atoms with van der Waals surface area (Å²) in [6, 6.07) is 6.90. The smallest absolute Gasteiger partial charge is 0.409 e. The van der Waals surface area contributed by atoms with Gasteiger partial charge >= 0.3 is 6.09 Å². The Labute approximate surface area is 76.1 Å². The molecular weight excluding hydrogens is 170 g/mol. The number of nitrogens with one attached hydrogen (secondary N) is 1. The molecule has 2 N–H and O–H groups in total. The third-order valence-corrected chi connectivity index (χ3v) is 1.43. The van der Waals surface area contributed by atoms with Crippen LogP contribution >= 0.6 is 0 Å². The third kappa shape index (κ3) is 2.66. The summed E-state index contributed by atoms with van der Waals surface area (Å²) >= 11 is 0. The van der Waals surface area contributed by atoms with E-state index in [4.69, 9.17) is 9.84 Å². The van der Waals surface area contributed by atoms with Gasteiger partial charge in [-0.25, -0.2) is 4.79 Å². The average molecular weight is 181 g/mol. The van der Waals surface area contributed by atoms with E-state index in [-0.39, 0.29) is 0 Å². The molecule has 0 fully saturated rings. The number of para-hydroxylation sites is 2. The SMILES string of the molecule is CCOc1ccccc1NC(=O)O. The third-order valence-electron chi connectivity index (χ3n) is 1.43. The maximum absolute atomic E-state index is 10.4. The van der Waals surface area contributed by atoms with Crippen LogP contribution in [0.15, 0.2) is 24.3 Å². The van der Waals surface area contributed by atoms with E-state index in [0.29, 0.717) is 18.0 Å². The molecule has 4 heteroatoms. The number of anilines is 1. The highest BCUT2D eigenvalue weighted by molar-refractivity contribution is 5.85. The van der Waals surface area contributed by atoms with Crippen LogP contribution in [-0.2, 0) is 0 Å². The topological polar surface area (TPSA) is 58.6 Å². The molecule has 0 saturated carbocycles. The van der Waals surface area contributed by atoms with E-state index in [1.165, 1.54) is 0 Å².